The van der Waals surface area contributed by atoms with Crippen molar-refractivity contribution in [3.05, 3.63) is 29.8 Å². The summed E-state index contributed by atoms with van der Waals surface area (Å²) in [7, 11) is -1.32. The Morgan fingerprint density at radius 2 is 1.96 bits per heavy atom. The summed E-state index contributed by atoms with van der Waals surface area (Å²) in [6, 6.07) is 7.58. The Kier molecular flexibility index (Phi) is 5.40. The van der Waals surface area contributed by atoms with Gasteiger partial charge in [0.25, 0.3) is 0 Å². The summed E-state index contributed by atoms with van der Waals surface area (Å²) >= 11 is 0. The fourth-order valence-electron chi connectivity index (χ4n) is 5.47. The molecule has 2 N–H and O–H groups in total. The van der Waals surface area contributed by atoms with E-state index in [4.69, 9.17) is 4.74 Å². The molecule has 2 saturated carbocycles. The van der Waals surface area contributed by atoms with Crippen LogP contribution in [-0.2, 0) is 21.0 Å². The molecule has 1 saturated heterocycles. The SMILES string of the molecule is CN=C(NCCc1ccc(S(C)(=O)=O)cc1)NC1C2CCOC2C12CCCC2. The summed E-state index contributed by atoms with van der Waals surface area (Å²) in [5.74, 6) is 1.47. The number of fused-ring (bicyclic) bond motifs is 2. The van der Waals surface area contributed by atoms with Gasteiger partial charge in [0.2, 0.25) is 0 Å². The van der Waals surface area contributed by atoms with Crippen LogP contribution in [0.25, 0.3) is 0 Å². The molecule has 1 aliphatic heterocycles. The number of nitrogens with zero attached hydrogens (tertiary/aromatic N) is 1. The lowest BCUT2D eigenvalue weighted by molar-refractivity contribution is -0.125. The zero-order valence-corrected chi connectivity index (χ0v) is 17.6. The second-order valence-electron chi connectivity index (χ2n) is 8.47. The monoisotopic (exact) mass is 405 g/mol. The average Bonchev–Trinajstić information content (AvgIpc) is 3.33. The number of hydrogen-bond donors (Lipinski definition) is 2. The van der Waals surface area contributed by atoms with E-state index in [0.717, 1.165) is 37.5 Å². The van der Waals surface area contributed by atoms with Gasteiger partial charge in [0, 0.05) is 43.8 Å². The van der Waals surface area contributed by atoms with Gasteiger partial charge in [0.1, 0.15) is 0 Å². The van der Waals surface area contributed by atoms with Crippen LogP contribution in [0.1, 0.15) is 37.7 Å². The Hall–Kier alpha value is -1.60. The van der Waals surface area contributed by atoms with Crippen LogP contribution in [0, 0.1) is 11.3 Å². The van der Waals surface area contributed by atoms with E-state index in [1.807, 2.05) is 19.2 Å². The minimum atomic E-state index is -3.14. The lowest BCUT2D eigenvalue weighted by Crippen LogP contribution is -2.69. The van der Waals surface area contributed by atoms with Crippen molar-refractivity contribution >= 4 is 15.8 Å². The minimum Gasteiger partial charge on any atom is -0.377 e. The molecule has 1 aromatic carbocycles. The van der Waals surface area contributed by atoms with Gasteiger partial charge in [0.05, 0.1) is 11.0 Å². The standard InChI is InChI=1S/C21H31N3O3S/c1-22-20(23-13-9-15-5-7-16(8-6-15)28(2,25)26)24-18-17-10-14-27-19(17)21(18)11-3-4-12-21/h5-8,17-19H,3-4,9-14H2,1-2H3,(H2,22,23,24). The van der Waals surface area contributed by atoms with Gasteiger partial charge in [-0.1, -0.05) is 25.0 Å². The van der Waals surface area contributed by atoms with E-state index in [2.05, 4.69) is 15.6 Å². The molecule has 154 valence electrons. The van der Waals surface area contributed by atoms with Gasteiger partial charge < -0.3 is 15.4 Å². The molecule has 3 unspecified atom stereocenters. The van der Waals surface area contributed by atoms with Gasteiger partial charge in [-0.3, -0.25) is 4.99 Å². The van der Waals surface area contributed by atoms with Crippen molar-refractivity contribution in [3.63, 3.8) is 0 Å². The second-order valence-corrected chi connectivity index (χ2v) is 10.5. The zero-order valence-electron chi connectivity index (χ0n) is 16.8. The lowest BCUT2D eigenvalue weighted by atomic mass is 9.54. The highest BCUT2D eigenvalue weighted by Gasteiger charge is 2.65. The van der Waals surface area contributed by atoms with Gasteiger partial charge in [-0.15, -0.1) is 0 Å². The minimum absolute atomic E-state index is 0.306. The number of hydrogen-bond acceptors (Lipinski definition) is 4. The van der Waals surface area contributed by atoms with E-state index in [1.54, 1.807) is 12.1 Å². The molecule has 2 aliphatic carbocycles. The first-order chi connectivity index (χ1) is 13.4. The molecule has 3 aliphatic rings. The number of ether oxygens (including phenoxy) is 1. The normalized spacial score (nSPS) is 28.8. The van der Waals surface area contributed by atoms with Crippen molar-refractivity contribution in [2.45, 2.75) is 55.6 Å². The smallest absolute Gasteiger partial charge is 0.191 e. The fourth-order valence-corrected chi connectivity index (χ4v) is 6.11. The molecule has 1 aromatic rings. The molecule has 0 bridgehead atoms. The molecule has 0 aromatic heterocycles. The summed E-state index contributed by atoms with van der Waals surface area (Å²) < 4.78 is 29.2. The van der Waals surface area contributed by atoms with Gasteiger partial charge in [0.15, 0.2) is 15.8 Å². The maximum absolute atomic E-state index is 11.6. The quantitative estimate of drug-likeness (QED) is 0.580. The van der Waals surface area contributed by atoms with E-state index < -0.39 is 9.84 Å². The number of benzene rings is 1. The van der Waals surface area contributed by atoms with Crippen LogP contribution < -0.4 is 10.6 Å². The Bertz CT molecular complexity index is 829. The largest absolute Gasteiger partial charge is 0.377 e. The topological polar surface area (TPSA) is 79.8 Å². The predicted octanol–water partition coefficient (Wildman–Crippen LogP) is 2.15. The van der Waals surface area contributed by atoms with E-state index in [1.165, 1.54) is 31.9 Å². The van der Waals surface area contributed by atoms with Crippen LogP contribution in [0.4, 0.5) is 0 Å². The maximum atomic E-state index is 11.6. The van der Waals surface area contributed by atoms with Gasteiger partial charge in [-0.2, -0.15) is 0 Å². The molecular formula is C21H31N3O3S. The number of guanidine groups is 1. The third-order valence-electron chi connectivity index (χ3n) is 6.86. The molecule has 0 amide bonds. The van der Waals surface area contributed by atoms with Crippen molar-refractivity contribution < 1.29 is 13.2 Å². The Balaban J connectivity index is 1.32. The predicted molar refractivity (Wildman–Crippen MR) is 110 cm³/mol. The van der Waals surface area contributed by atoms with E-state index >= 15 is 0 Å². The summed E-state index contributed by atoms with van der Waals surface area (Å²) in [4.78, 5) is 4.79. The Morgan fingerprint density at radius 1 is 1.25 bits per heavy atom. The first-order valence-electron chi connectivity index (χ1n) is 10.3. The second kappa shape index (κ2) is 7.67. The van der Waals surface area contributed by atoms with Crippen LogP contribution in [0.3, 0.4) is 0 Å². The molecule has 1 spiro atoms. The maximum Gasteiger partial charge on any atom is 0.191 e. The van der Waals surface area contributed by atoms with E-state index in [-0.39, 0.29) is 0 Å². The van der Waals surface area contributed by atoms with Crippen LogP contribution >= 0.6 is 0 Å². The molecule has 3 atom stereocenters. The summed E-state index contributed by atoms with van der Waals surface area (Å²) in [6.07, 6.45) is 8.77. The number of rotatable bonds is 5. The summed E-state index contributed by atoms with van der Waals surface area (Å²) in [5, 5.41) is 7.13. The van der Waals surface area contributed by atoms with Crippen molar-refractivity contribution in [2.24, 2.45) is 16.3 Å². The van der Waals surface area contributed by atoms with Crippen LogP contribution in [0.2, 0.25) is 0 Å². The summed E-state index contributed by atoms with van der Waals surface area (Å²) in [6.45, 7) is 1.65. The van der Waals surface area contributed by atoms with Crippen molar-refractivity contribution in [3.8, 4) is 0 Å². The zero-order chi connectivity index (χ0) is 19.8. The van der Waals surface area contributed by atoms with Crippen LogP contribution in [0.5, 0.6) is 0 Å². The highest BCUT2D eigenvalue weighted by Crippen LogP contribution is 2.60. The highest BCUT2D eigenvalue weighted by atomic mass is 32.2. The molecular weight excluding hydrogens is 374 g/mol. The molecule has 3 fully saturated rings. The lowest BCUT2D eigenvalue weighted by Gasteiger charge is -2.57. The Labute approximate surface area is 168 Å². The Morgan fingerprint density at radius 3 is 2.61 bits per heavy atom. The van der Waals surface area contributed by atoms with E-state index in [0.29, 0.717) is 28.4 Å². The summed E-state index contributed by atoms with van der Waals surface area (Å²) in [5.41, 5.74) is 1.41. The highest BCUT2D eigenvalue weighted by molar-refractivity contribution is 7.90. The number of sulfone groups is 1. The van der Waals surface area contributed by atoms with Crippen LogP contribution in [-0.4, -0.2) is 53.0 Å². The van der Waals surface area contributed by atoms with Gasteiger partial charge in [-0.25, -0.2) is 8.42 Å². The van der Waals surface area contributed by atoms with Crippen LogP contribution in [0.15, 0.2) is 34.2 Å². The molecule has 7 heteroatoms. The molecule has 28 heavy (non-hydrogen) atoms. The molecule has 1 heterocycles. The average molecular weight is 406 g/mol. The van der Waals surface area contributed by atoms with Crippen molar-refractivity contribution in [1.82, 2.24) is 10.6 Å². The molecule has 6 nitrogen and oxygen atoms in total. The number of aliphatic imine (C=N–C) groups is 1. The van der Waals surface area contributed by atoms with Crippen molar-refractivity contribution in [1.29, 1.82) is 0 Å². The molecule has 4 rings (SSSR count). The van der Waals surface area contributed by atoms with Gasteiger partial charge >= 0.3 is 0 Å². The third kappa shape index (κ3) is 3.54. The fraction of sp³-hybridized carbons (Fsp3) is 0.667. The third-order valence-corrected chi connectivity index (χ3v) is 7.99. The number of nitrogens with one attached hydrogen (secondary N) is 2. The van der Waals surface area contributed by atoms with Gasteiger partial charge in [-0.05, 0) is 43.4 Å². The van der Waals surface area contributed by atoms with Crippen molar-refractivity contribution in [2.75, 3.05) is 26.5 Å². The van der Waals surface area contributed by atoms with E-state index in [9.17, 15) is 8.42 Å². The first kappa shape index (κ1) is 19.7. The first-order valence-corrected chi connectivity index (χ1v) is 12.2. The molecule has 0 radical (unpaired) electrons.